The summed E-state index contributed by atoms with van der Waals surface area (Å²) >= 11 is 1.74. The van der Waals surface area contributed by atoms with Gasteiger partial charge in [0.25, 0.3) is 0 Å². The van der Waals surface area contributed by atoms with Crippen molar-refractivity contribution in [3.63, 3.8) is 0 Å². The average molecular weight is 431 g/mol. The summed E-state index contributed by atoms with van der Waals surface area (Å²) in [6.07, 6.45) is 4.72. The first-order valence-electron chi connectivity index (χ1n) is 10.9. The van der Waals surface area contributed by atoms with Gasteiger partial charge in [0.2, 0.25) is 5.95 Å². The highest BCUT2D eigenvalue weighted by molar-refractivity contribution is 7.15. The van der Waals surface area contributed by atoms with Gasteiger partial charge < -0.3 is 15.7 Å². The van der Waals surface area contributed by atoms with Gasteiger partial charge in [0, 0.05) is 28.2 Å². The lowest BCUT2D eigenvalue weighted by molar-refractivity contribution is -0.0340. The van der Waals surface area contributed by atoms with Crippen LogP contribution in [0.4, 0.5) is 5.95 Å². The fraction of sp³-hybridized carbons (Fsp3) is 0.667. The molecule has 2 aromatic rings. The number of aromatic nitrogens is 2. The number of piperidine rings is 1. The summed E-state index contributed by atoms with van der Waals surface area (Å²) in [4.78, 5) is 11.7. The number of hydrogen-bond acceptors (Lipinski definition) is 6. The van der Waals surface area contributed by atoms with Crippen LogP contribution >= 0.6 is 11.3 Å². The minimum atomic E-state index is -0.737. The number of hydrogen-bond donors (Lipinski definition) is 3. The molecule has 6 heteroatoms. The van der Waals surface area contributed by atoms with Gasteiger partial charge >= 0.3 is 0 Å². The molecular weight excluding hydrogens is 392 g/mol. The molecule has 0 radical (unpaired) electrons. The van der Waals surface area contributed by atoms with Crippen molar-refractivity contribution in [2.75, 3.05) is 5.32 Å². The largest absolute Gasteiger partial charge is 0.390 e. The second-order valence-corrected chi connectivity index (χ2v) is 12.5. The van der Waals surface area contributed by atoms with Crippen molar-refractivity contribution in [1.82, 2.24) is 15.3 Å². The van der Waals surface area contributed by atoms with Gasteiger partial charge in [-0.15, -0.1) is 11.3 Å². The van der Waals surface area contributed by atoms with Crippen LogP contribution in [0.25, 0.3) is 10.6 Å². The average Bonchev–Trinajstić information content (AvgIpc) is 2.98. The monoisotopic (exact) mass is 430 g/mol. The van der Waals surface area contributed by atoms with E-state index in [0.29, 0.717) is 12.0 Å². The van der Waals surface area contributed by atoms with Gasteiger partial charge in [-0.25, -0.2) is 9.97 Å². The molecule has 2 aromatic heterocycles. The summed E-state index contributed by atoms with van der Waals surface area (Å²) in [6, 6.07) is 6.58. The van der Waals surface area contributed by atoms with Crippen molar-refractivity contribution in [3.8, 4) is 10.6 Å². The Bertz CT molecular complexity index is 863. The fourth-order valence-electron chi connectivity index (χ4n) is 4.43. The molecule has 1 saturated heterocycles. The van der Waals surface area contributed by atoms with Crippen molar-refractivity contribution in [2.24, 2.45) is 5.41 Å². The number of aliphatic hydroxyl groups is 1. The van der Waals surface area contributed by atoms with Crippen molar-refractivity contribution in [2.45, 2.75) is 97.4 Å². The van der Waals surface area contributed by atoms with Crippen LogP contribution in [-0.4, -0.2) is 37.8 Å². The smallest absolute Gasteiger partial charge is 0.223 e. The first-order valence-corrected chi connectivity index (χ1v) is 11.7. The van der Waals surface area contributed by atoms with Gasteiger partial charge in [-0.3, -0.25) is 0 Å². The Morgan fingerprint density at radius 3 is 2.33 bits per heavy atom. The molecule has 1 fully saturated rings. The summed E-state index contributed by atoms with van der Waals surface area (Å²) in [7, 11) is 0. The Hall–Kier alpha value is -1.50. The number of nitrogens with one attached hydrogen (secondary N) is 2. The van der Waals surface area contributed by atoms with Crippen LogP contribution in [0.1, 0.15) is 73.1 Å². The summed E-state index contributed by atoms with van der Waals surface area (Å²) in [5.74, 6) is 0.692. The second kappa shape index (κ2) is 7.88. The van der Waals surface area contributed by atoms with E-state index in [0.717, 1.165) is 29.8 Å². The van der Waals surface area contributed by atoms with Crippen LogP contribution in [0, 0.1) is 5.41 Å². The molecule has 0 unspecified atom stereocenters. The van der Waals surface area contributed by atoms with E-state index in [9.17, 15) is 5.11 Å². The second-order valence-electron chi connectivity index (χ2n) is 11.3. The number of nitrogens with zero attached hydrogens (tertiary/aromatic N) is 2. The van der Waals surface area contributed by atoms with E-state index in [4.69, 9.17) is 4.98 Å². The van der Waals surface area contributed by atoms with Crippen LogP contribution in [0.3, 0.4) is 0 Å². The summed E-state index contributed by atoms with van der Waals surface area (Å²) in [5, 5.41) is 17.8. The van der Waals surface area contributed by atoms with E-state index in [1.807, 2.05) is 26.1 Å². The lowest BCUT2D eigenvalue weighted by Crippen LogP contribution is -2.60. The quantitative estimate of drug-likeness (QED) is 0.583. The van der Waals surface area contributed by atoms with Gasteiger partial charge in [-0.2, -0.15) is 0 Å². The third-order valence-electron chi connectivity index (χ3n) is 6.37. The van der Waals surface area contributed by atoms with Crippen LogP contribution < -0.4 is 10.6 Å². The minimum Gasteiger partial charge on any atom is -0.390 e. The molecule has 3 heterocycles. The van der Waals surface area contributed by atoms with Gasteiger partial charge in [0.1, 0.15) is 0 Å². The Morgan fingerprint density at radius 2 is 1.73 bits per heavy atom. The molecule has 0 aromatic carbocycles. The predicted molar refractivity (Wildman–Crippen MR) is 127 cm³/mol. The third-order valence-corrected chi connectivity index (χ3v) is 7.47. The minimum absolute atomic E-state index is 0.0764. The van der Waals surface area contributed by atoms with E-state index in [2.05, 4.69) is 69.3 Å². The highest BCUT2D eigenvalue weighted by Gasteiger charge is 2.38. The van der Waals surface area contributed by atoms with E-state index in [1.54, 1.807) is 11.3 Å². The Morgan fingerprint density at radius 1 is 1.10 bits per heavy atom. The summed E-state index contributed by atoms with van der Waals surface area (Å²) in [6.45, 7) is 17.0. The molecule has 0 bridgehead atoms. The van der Waals surface area contributed by atoms with Crippen LogP contribution in [0.2, 0.25) is 0 Å². The zero-order chi connectivity index (χ0) is 22.4. The maximum absolute atomic E-state index is 10.5. The normalized spacial score (nSPS) is 19.6. The van der Waals surface area contributed by atoms with E-state index in [1.165, 1.54) is 4.88 Å². The molecule has 3 N–H and O–H groups in total. The molecule has 166 valence electrons. The number of thiophene rings is 1. The Balaban J connectivity index is 1.74. The highest BCUT2D eigenvalue weighted by Crippen LogP contribution is 2.37. The van der Waals surface area contributed by atoms with Crippen LogP contribution in [0.5, 0.6) is 0 Å². The fourth-order valence-corrected chi connectivity index (χ4v) is 5.64. The Kier molecular flexibility index (Phi) is 6.09. The zero-order valence-corrected chi connectivity index (χ0v) is 20.6. The zero-order valence-electron chi connectivity index (χ0n) is 19.8. The number of rotatable bonds is 6. The van der Waals surface area contributed by atoms with Crippen LogP contribution in [0.15, 0.2) is 24.4 Å². The molecule has 3 rings (SSSR count). The van der Waals surface area contributed by atoms with Crippen molar-refractivity contribution in [1.29, 1.82) is 0 Å². The van der Waals surface area contributed by atoms with Gasteiger partial charge in [-0.1, -0.05) is 13.8 Å². The number of anilines is 1. The van der Waals surface area contributed by atoms with E-state index >= 15 is 0 Å². The maximum atomic E-state index is 10.5. The van der Waals surface area contributed by atoms with E-state index < -0.39 is 5.60 Å². The SMILES string of the molecule is CC1(C)CC(Nc2nccc(-c3ccc(CC(C)(C)C(C)(C)O)s3)n2)CC(C)(C)N1. The predicted octanol–water partition coefficient (Wildman–Crippen LogP) is 5.27. The third kappa shape index (κ3) is 5.59. The molecule has 30 heavy (non-hydrogen) atoms. The highest BCUT2D eigenvalue weighted by atomic mass is 32.1. The first-order chi connectivity index (χ1) is 13.7. The summed E-state index contributed by atoms with van der Waals surface area (Å²) < 4.78 is 0. The summed E-state index contributed by atoms with van der Waals surface area (Å²) in [5.41, 5.74) is 0.152. The lowest BCUT2D eigenvalue weighted by Gasteiger charge is -2.46. The van der Waals surface area contributed by atoms with E-state index in [-0.39, 0.29) is 16.5 Å². The first kappa shape index (κ1) is 23.2. The molecule has 1 aliphatic heterocycles. The van der Waals surface area contributed by atoms with Gasteiger partial charge in [0.05, 0.1) is 16.2 Å². The molecule has 1 aliphatic rings. The van der Waals surface area contributed by atoms with Gasteiger partial charge in [-0.05, 0) is 84.4 Å². The van der Waals surface area contributed by atoms with Crippen molar-refractivity contribution in [3.05, 3.63) is 29.3 Å². The molecule has 0 saturated carbocycles. The molecule has 5 nitrogen and oxygen atoms in total. The standard InChI is InChI=1S/C24H38N4OS/c1-21(2,24(7,8)29)15-17-9-10-19(30-17)18-11-12-25-20(27-18)26-16-13-22(3,4)28-23(5,6)14-16/h9-12,16,28-29H,13-15H2,1-8H3,(H,25,26,27). The van der Waals surface area contributed by atoms with Crippen molar-refractivity contribution >= 4 is 17.3 Å². The molecule has 0 spiro atoms. The lowest BCUT2D eigenvalue weighted by atomic mass is 9.74. The maximum Gasteiger partial charge on any atom is 0.223 e. The van der Waals surface area contributed by atoms with Gasteiger partial charge in [0.15, 0.2) is 0 Å². The molecule has 0 aliphatic carbocycles. The molecular formula is C24H38N4OS. The molecule has 0 amide bonds. The molecule has 0 atom stereocenters. The Labute approximate surface area is 185 Å². The topological polar surface area (TPSA) is 70.1 Å². The van der Waals surface area contributed by atoms with Crippen molar-refractivity contribution < 1.29 is 5.11 Å². The van der Waals surface area contributed by atoms with Crippen LogP contribution in [-0.2, 0) is 6.42 Å².